The van der Waals surface area contributed by atoms with Crippen molar-refractivity contribution in [3.8, 4) is 17.2 Å². The second-order valence-corrected chi connectivity index (χ2v) is 3.75. The Hall–Kier alpha value is -2.30. The Morgan fingerprint density at radius 3 is 2.61 bits per heavy atom. The Morgan fingerprint density at radius 1 is 1.28 bits per heavy atom. The number of aromatic nitrogens is 2. The number of carbonyl (C=O) groups is 1. The van der Waals surface area contributed by atoms with Gasteiger partial charge in [0.25, 0.3) is 0 Å². The molecule has 1 heterocycles. The van der Waals surface area contributed by atoms with Gasteiger partial charge >= 0.3 is 0 Å². The van der Waals surface area contributed by atoms with Crippen LogP contribution in [0.5, 0.6) is 11.5 Å². The maximum absolute atomic E-state index is 10.8. The smallest absolute Gasteiger partial charge is 0.153 e. The van der Waals surface area contributed by atoms with E-state index >= 15 is 0 Å². The minimum Gasteiger partial charge on any atom is -0.497 e. The molecule has 5 heteroatoms. The van der Waals surface area contributed by atoms with Gasteiger partial charge in [0.05, 0.1) is 31.7 Å². The number of methoxy groups -OCH3 is 2. The number of rotatable bonds is 4. The van der Waals surface area contributed by atoms with Crippen LogP contribution in [0.1, 0.15) is 16.1 Å². The molecule has 0 aliphatic carbocycles. The molecule has 18 heavy (non-hydrogen) atoms. The summed E-state index contributed by atoms with van der Waals surface area (Å²) in [7, 11) is 3.18. The lowest BCUT2D eigenvalue weighted by molar-refractivity contribution is 0.112. The van der Waals surface area contributed by atoms with Crippen molar-refractivity contribution in [3.63, 3.8) is 0 Å². The molecule has 0 radical (unpaired) electrons. The largest absolute Gasteiger partial charge is 0.497 e. The van der Waals surface area contributed by atoms with E-state index in [1.165, 1.54) is 6.20 Å². The van der Waals surface area contributed by atoms with Crippen molar-refractivity contribution in [2.45, 2.75) is 6.92 Å². The number of ether oxygens (including phenoxy) is 2. The molecule has 1 aromatic heterocycles. The first-order valence-corrected chi connectivity index (χ1v) is 5.43. The van der Waals surface area contributed by atoms with E-state index in [9.17, 15) is 4.79 Å². The Balaban J connectivity index is 2.55. The third-order valence-corrected chi connectivity index (χ3v) is 2.79. The monoisotopic (exact) mass is 246 g/mol. The van der Waals surface area contributed by atoms with Crippen LogP contribution in [0.2, 0.25) is 0 Å². The van der Waals surface area contributed by atoms with E-state index in [-0.39, 0.29) is 0 Å². The molecule has 1 aromatic carbocycles. The SMILES string of the molecule is COc1ccc(-n2ncc(C=O)c2C)c(OC)c1. The third-order valence-electron chi connectivity index (χ3n) is 2.79. The average molecular weight is 246 g/mol. The van der Waals surface area contributed by atoms with Crippen LogP contribution in [0, 0.1) is 6.92 Å². The summed E-state index contributed by atoms with van der Waals surface area (Å²) >= 11 is 0. The molecule has 94 valence electrons. The van der Waals surface area contributed by atoms with Gasteiger partial charge in [0.15, 0.2) is 6.29 Å². The standard InChI is InChI=1S/C13H14N2O3/c1-9-10(8-16)7-14-15(9)12-5-4-11(17-2)6-13(12)18-3/h4-8H,1-3H3. The highest BCUT2D eigenvalue weighted by atomic mass is 16.5. The Morgan fingerprint density at radius 2 is 2.06 bits per heavy atom. The van der Waals surface area contributed by atoms with Crippen molar-refractivity contribution >= 4 is 6.29 Å². The van der Waals surface area contributed by atoms with Crippen molar-refractivity contribution < 1.29 is 14.3 Å². The van der Waals surface area contributed by atoms with Gasteiger partial charge < -0.3 is 9.47 Å². The maximum atomic E-state index is 10.8. The Bertz CT molecular complexity index is 576. The quantitative estimate of drug-likeness (QED) is 0.774. The molecule has 0 fully saturated rings. The summed E-state index contributed by atoms with van der Waals surface area (Å²) in [4.78, 5) is 10.8. The number of benzene rings is 1. The lowest BCUT2D eigenvalue weighted by atomic mass is 10.2. The summed E-state index contributed by atoms with van der Waals surface area (Å²) in [6, 6.07) is 5.43. The molecule has 0 bridgehead atoms. The zero-order valence-corrected chi connectivity index (χ0v) is 10.5. The van der Waals surface area contributed by atoms with Crippen LogP contribution in [0.15, 0.2) is 24.4 Å². The second kappa shape index (κ2) is 4.91. The number of hydrogen-bond donors (Lipinski definition) is 0. The molecule has 0 N–H and O–H groups in total. The molecule has 2 aromatic rings. The zero-order chi connectivity index (χ0) is 13.1. The van der Waals surface area contributed by atoms with Crippen LogP contribution >= 0.6 is 0 Å². The molecule has 5 nitrogen and oxygen atoms in total. The number of aldehydes is 1. The first kappa shape index (κ1) is 12.2. The molecule has 0 unspecified atom stereocenters. The normalized spacial score (nSPS) is 10.2. The first-order valence-electron chi connectivity index (χ1n) is 5.43. The molecular weight excluding hydrogens is 232 g/mol. The van der Waals surface area contributed by atoms with Gasteiger partial charge in [0.1, 0.15) is 17.2 Å². The topological polar surface area (TPSA) is 53.4 Å². The second-order valence-electron chi connectivity index (χ2n) is 3.75. The molecular formula is C13H14N2O3. The first-order chi connectivity index (χ1) is 8.71. The van der Waals surface area contributed by atoms with Crippen LogP contribution in [0.25, 0.3) is 5.69 Å². The predicted octanol–water partition coefficient (Wildman–Crippen LogP) is 2.01. The summed E-state index contributed by atoms with van der Waals surface area (Å²) in [5.74, 6) is 1.34. The van der Waals surface area contributed by atoms with E-state index in [0.29, 0.717) is 17.1 Å². The fourth-order valence-corrected chi connectivity index (χ4v) is 1.74. The molecule has 0 aliphatic heterocycles. The van der Waals surface area contributed by atoms with E-state index in [1.807, 2.05) is 19.1 Å². The lowest BCUT2D eigenvalue weighted by Crippen LogP contribution is -2.02. The molecule has 0 atom stereocenters. The Labute approximate surface area is 105 Å². The van der Waals surface area contributed by atoms with Gasteiger partial charge in [0, 0.05) is 6.07 Å². The predicted molar refractivity (Wildman–Crippen MR) is 66.8 cm³/mol. The van der Waals surface area contributed by atoms with Crippen molar-refractivity contribution in [1.29, 1.82) is 0 Å². The summed E-state index contributed by atoms with van der Waals surface area (Å²) in [6.07, 6.45) is 2.32. The number of nitrogens with zero attached hydrogens (tertiary/aromatic N) is 2. The van der Waals surface area contributed by atoms with Gasteiger partial charge in [0.2, 0.25) is 0 Å². The highest BCUT2D eigenvalue weighted by Crippen LogP contribution is 2.28. The average Bonchev–Trinajstić information content (AvgIpc) is 2.78. The van der Waals surface area contributed by atoms with E-state index in [1.54, 1.807) is 25.0 Å². The Kier molecular flexibility index (Phi) is 3.32. The van der Waals surface area contributed by atoms with E-state index in [0.717, 1.165) is 17.7 Å². The number of carbonyl (C=O) groups excluding carboxylic acids is 1. The van der Waals surface area contributed by atoms with Gasteiger partial charge in [-0.3, -0.25) is 4.79 Å². The van der Waals surface area contributed by atoms with Gasteiger partial charge in [-0.05, 0) is 19.1 Å². The van der Waals surface area contributed by atoms with Gasteiger partial charge in [-0.1, -0.05) is 0 Å². The summed E-state index contributed by atoms with van der Waals surface area (Å²) in [5, 5.41) is 4.19. The third kappa shape index (κ3) is 1.95. The fraction of sp³-hybridized carbons (Fsp3) is 0.231. The van der Waals surface area contributed by atoms with E-state index < -0.39 is 0 Å². The summed E-state index contributed by atoms with van der Waals surface area (Å²) < 4.78 is 12.1. The van der Waals surface area contributed by atoms with Gasteiger partial charge in [-0.15, -0.1) is 0 Å². The van der Waals surface area contributed by atoms with Crippen molar-refractivity contribution in [3.05, 3.63) is 35.7 Å². The van der Waals surface area contributed by atoms with Crippen LogP contribution in [0.4, 0.5) is 0 Å². The van der Waals surface area contributed by atoms with E-state index in [2.05, 4.69) is 5.10 Å². The van der Waals surface area contributed by atoms with Gasteiger partial charge in [-0.25, -0.2) is 4.68 Å². The molecule has 2 rings (SSSR count). The van der Waals surface area contributed by atoms with Crippen LogP contribution in [0.3, 0.4) is 0 Å². The summed E-state index contributed by atoms with van der Waals surface area (Å²) in [6.45, 7) is 1.83. The molecule has 0 amide bonds. The molecule has 0 aliphatic rings. The van der Waals surface area contributed by atoms with Crippen molar-refractivity contribution in [2.75, 3.05) is 14.2 Å². The van der Waals surface area contributed by atoms with Gasteiger partial charge in [-0.2, -0.15) is 5.10 Å². The van der Waals surface area contributed by atoms with Crippen LogP contribution < -0.4 is 9.47 Å². The van der Waals surface area contributed by atoms with Crippen LogP contribution in [-0.2, 0) is 0 Å². The van der Waals surface area contributed by atoms with Crippen molar-refractivity contribution in [1.82, 2.24) is 9.78 Å². The van der Waals surface area contributed by atoms with Crippen LogP contribution in [-0.4, -0.2) is 30.3 Å². The minimum absolute atomic E-state index is 0.563. The number of hydrogen-bond acceptors (Lipinski definition) is 4. The molecule has 0 saturated heterocycles. The molecule has 0 saturated carbocycles. The fourth-order valence-electron chi connectivity index (χ4n) is 1.74. The molecule has 0 spiro atoms. The zero-order valence-electron chi connectivity index (χ0n) is 10.5. The minimum atomic E-state index is 0.563. The van der Waals surface area contributed by atoms with Crippen molar-refractivity contribution in [2.24, 2.45) is 0 Å². The maximum Gasteiger partial charge on any atom is 0.153 e. The summed E-state index contributed by atoms with van der Waals surface area (Å²) in [5.41, 5.74) is 2.10. The lowest BCUT2D eigenvalue weighted by Gasteiger charge is -2.11. The highest BCUT2D eigenvalue weighted by Gasteiger charge is 2.12. The highest BCUT2D eigenvalue weighted by molar-refractivity contribution is 5.76. The van der Waals surface area contributed by atoms with E-state index in [4.69, 9.17) is 9.47 Å².